The summed E-state index contributed by atoms with van der Waals surface area (Å²) in [5, 5.41) is 13.8. The minimum absolute atomic E-state index is 0.152. The Morgan fingerprint density at radius 3 is 2.88 bits per heavy atom. The highest BCUT2D eigenvalue weighted by molar-refractivity contribution is 6.00. The Morgan fingerprint density at radius 1 is 1.27 bits per heavy atom. The Bertz CT molecular complexity index is 1080. The normalized spacial score (nSPS) is 11.7. The summed E-state index contributed by atoms with van der Waals surface area (Å²) in [6, 6.07) is 6.06. The zero-order chi connectivity index (χ0) is 18.3. The molecule has 0 atom stereocenters. The molecular weight excluding hydrogens is 330 g/mol. The van der Waals surface area contributed by atoms with E-state index in [9.17, 15) is 0 Å². The highest BCUT2D eigenvalue weighted by Crippen LogP contribution is 2.34. The fourth-order valence-electron chi connectivity index (χ4n) is 3.01. The number of nitrogens with zero attached hydrogens (tertiary/aromatic N) is 5. The zero-order valence-electron chi connectivity index (χ0n) is 15.0. The first-order chi connectivity index (χ1) is 12.6. The molecule has 0 unspecified atom stereocenters. The molecule has 134 valence electrons. The highest BCUT2D eigenvalue weighted by atomic mass is 16.5. The van der Waals surface area contributed by atoms with Gasteiger partial charge in [0.1, 0.15) is 17.8 Å². The summed E-state index contributed by atoms with van der Waals surface area (Å²) in [4.78, 5) is 8.51. The molecule has 0 fully saturated rings. The highest BCUT2D eigenvalue weighted by Gasteiger charge is 2.19. The molecule has 0 amide bonds. The second kappa shape index (κ2) is 6.29. The zero-order valence-corrected chi connectivity index (χ0v) is 15.0. The number of rotatable bonds is 5. The second-order valence-electron chi connectivity index (χ2n) is 6.51. The van der Waals surface area contributed by atoms with Crippen LogP contribution < -0.4 is 11.1 Å². The van der Waals surface area contributed by atoms with Gasteiger partial charge in [-0.3, -0.25) is 0 Å². The molecule has 0 aliphatic rings. The monoisotopic (exact) mass is 351 g/mol. The van der Waals surface area contributed by atoms with Crippen LogP contribution in [-0.2, 0) is 0 Å². The van der Waals surface area contributed by atoms with E-state index in [1.807, 2.05) is 22.9 Å². The third-order valence-corrected chi connectivity index (χ3v) is 4.30. The number of anilines is 2. The molecule has 0 radical (unpaired) electrons. The van der Waals surface area contributed by atoms with Gasteiger partial charge in [-0.15, -0.1) is 0 Å². The van der Waals surface area contributed by atoms with Crippen LogP contribution in [0.5, 0.6) is 0 Å². The number of benzene rings is 1. The first kappa shape index (κ1) is 16.3. The number of aromatic nitrogens is 5. The van der Waals surface area contributed by atoms with Crippen LogP contribution in [0.25, 0.3) is 33.3 Å². The van der Waals surface area contributed by atoms with Crippen molar-refractivity contribution in [2.75, 3.05) is 17.6 Å². The predicted molar refractivity (Wildman–Crippen MR) is 102 cm³/mol. The van der Waals surface area contributed by atoms with Gasteiger partial charge in [0.15, 0.2) is 17.0 Å². The largest absolute Gasteiger partial charge is 0.383 e. The van der Waals surface area contributed by atoms with Crippen LogP contribution in [0, 0.1) is 0 Å². The van der Waals surface area contributed by atoms with E-state index in [4.69, 9.17) is 15.4 Å². The van der Waals surface area contributed by atoms with Gasteiger partial charge >= 0.3 is 0 Å². The lowest BCUT2D eigenvalue weighted by atomic mass is 10.1. The van der Waals surface area contributed by atoms with E-state index in [0.717, 1.165) is 46.5 Å². The molecule has 0 bridgehead atoms. The maximum absolute atomic E-state index is 6.13. The minimum Gasteiger partial charge on any atom is -0.383 e. The summed E-state index contributed by atoms with van der Waals surface area (Å²) >= 11 is 0. The van der Waals surface area contributed by atoms with Gasteiger partial charge in [-0.1, -0.05) is 18.1 Å². The third kappa shape index (κ3) is 2.54. The molecule has 3 N–H and O–H groups in total. The molecule has 1 aromatic carbocycles. The van der Waals surface area contributed by atoms with Gasteiger partial charge in [0.25, 0.3) is 0 Å². The Balaban J connectivity index is 1.87. The van der Waals surface area contributed by atoms with E-state index in [0.29, 0.717) is 11.4 Å². The van der Waals surface area contributed by atoms with Gasteiger partial charge in [0, 0.05) is 18.2 Å². The molecule has 26 heavy (non-hydrogen) atoms. The standard InChI is InChI=1S/C18H21N7O/c1-4-7-20-17-12-6-5-11(8-13(12)26-24-17)15-14-16(19)21-9-22-18(14)25(23-15)10(2)3/h5-6,8-10H,4,7H2,1-3H3,(H,20,24)(H2,19,21,22). The SMILES string of the molecule is CCCNc1noc2cc(-c3nn(C(C)C)c4ncnc(N)c34)ccc12. The first-order valence-electron chi connectivity index (χ1n) is 8.72. The lowest BCUT2D eigenvalue weighted by Gasteiger charge is -2.05. The topological polar surface area (TPSA) is 108 Å². The molecule has 0 spiro atoms. The molecule has 4 aromatic rings. The molecule has 3 heterocycles. The molecule has 3 aromatic heterocycles. The van der Waals surface area contributed by atoms with E-state index in [1.165, 1.54) is 6.33 Å². The quantitative estimate of drug-likeness (QED) is 0.565. The Hall–Kier alpha value is -3.16. The van der Waals surface area contributed by atoms with Gasteiger partial charge < -0.3 is 15.6 Å². The lowest BCUT2D eigenvalue weighted by Crippen LogP contribution is -2.04. The van der Waals surface area contributed by atoms with Crippen molar-refractivity contribution in [1.82, 2.24) is 24.9 Å². The summed E-state index contributed by atoms with van der Waals surface area (Å²) < 4.78 is 7.36. The van der Waals surface area contributed by atoms with Crippen LogP contribution in [0.4, 0.5) is 11.6 Å². The molecule has 0 saturated heterocycles. The summed E-state index contributed by atoms with van der Waals surface area (Å²) in [6.45, 7) is 7.07. The minimum atomic E-state index is 0.152. The van der Waals surface area contributed by atoms with Gasteiger partial charge in [-0.25, -0.2) is 14.6 Å². The van der Waals surface area contributed by atoms with Gasteiger partial charge in [0.05, 0.1) is 10.8 Å². The van der Waals surface area contributed by atoms with Crippen LogP contribution in [-0.4, -0.2) is 31.4 Å². The third-order valence-electron chi connectivity index (χ3n) is 4.30. The Morgan fingerprint density at radius 2 is 2.12 bits per heavy atom. The number of hydrogen-bond acceptors (Lipinski definition) is 7. The van der Waals surface area contributed by atoms with E-state index in [-0.39, 0.29) is 6.04 Å². The molecule has 8 heteroatoms. The van der Waals surface area contributed by atoms with Gasteiger partial charge in [-0.2, -0.15) is 5.10 Å². The van der Waals surface area contributed by atoms with Crippen LogP contribution >= 0.6 is 0 Å². The number of hydrogen-bond donors (Lipinski definition) is 2. The number of fused-ring (bicyclic) bond motifs is 2. The van der Waals surface area contributed by atoms with Crippen LogP contribution in [0.3, 0.4) is 0 Å². The molecule has 4 rings (SSSR count). The predicted octanol–water partition coefficient (Wildman–Crippen LogP) is 3.62. The average Bonchev–Trinajstić information content (AvgIpc) is 3.21. The maximum atomic E-state index is 6.13. The maximum Gasteiger partial charge on any atom is 0.177 e. The summed E-state index contributed by atoms with van der Waals surface area (Å²) in [5.74, 6) is 1.17. The van der Waals surface area contributed by atoms with Crippen molar-refractivity contribution < 1.29 is 4.52 Å². The van der Waals surface area contributed by atoms with Crippen LogP contribution in [0.15, 0.2) is 29.0 Å². The van der Waals surface area contributed by atoms with E-state index in [2.05, 4.69) is 41.2 Å². The van der Waals surface area contributed by atoms with Crippen LogP contribution in [0.2, 0.25) is 0 Å². The molecular formula is C18H21N7O. The van der Waals surface area contributed by atoms with E-state index >= 15 is 0 Å². The van der Waals surface area contributed by atoms with E-state index < -0.39 is 0 Å². The second-order valence-corrected chi connectivity index (χ2v) is 6.51. The van der Waals surface area contributed by atoms with Crippen molar-refractivity contribution in [2.45, 2.75) is 33.2 Å². The molecule has 8 nitrogen and oxygen atoms in total. The van der Waals surface area contributed by atoms with Crippen molar-refractivity contribution in [1.29, 1.82) is 0 Å². The van der Waals surface area contributed by atoms with Crippen molar-refractivity contribution in [3.8, 4) is 11.3 Å². The molecule has 0 saturated carbocycles. The first-order valence-corrected chi connectivity index (χ1v) is 8.72. The van der Waals surface area contributed by atoms with Crippen molar-refractivity contribution in [3.05, 3.63) is 24.5 Å². The van der Waals surface area contributed by atoms with Crippen molar-refractivity contribution in [2.24, 2.45) is 0 Å². The van der Waals surface area contributed by atoms with Gasteiger partial charge in [0.2, 0.25) is 0 Å². The number of nitrogens with one attached hydrogen (secondary N) is 1. The fourth-order valence-corrected chi connectivity index (χ4v) is 3.01. The average molecular weight is 351 g/mol. The lowest BCUT2D eigenvalue weighted by molar-refractivity contribution is 0.459. The smallest absolute Gasteiger partial charge is 0.177 e. The van der Waals surface area contributed by atoms with Gasteiger partial charge in [-0.05, 0) is 32.4 Å². The molecule has 0 aliphatic carbocycles. The van der Waals surface area contributed by atoms with Crippen LogP contribution in [0.1, 0.15) is 33.2 Å². The Labute approximate surface area is 150 Å². The molecule has 0 aliphatic heterocycles. The summed E-state index contributed by atoms with van der Waals surface area (Å²) in [7, 11) is 0. The van der Waals surface area contributed by atoms with Crippen molar-refractivity contribution in [3.63, 3.8) is 0 Å². The number of nitrogens with two attached hydrogens (primary N) is 1. The van der Waals surface area contributed by atoms with E-state index in [1.54, 1.807) is 0 Å². The van der Waals surface area contributed by atoms with Crippen molar-refractivity contribution >= 4 is 33.6 Å². The summed E-state index contributed by atoms with van der Waals surface area (Å²) in [6.07, 6.45) is 2.48. The number of nitrogen functional groups attached to an aromatic ring is 1. The fraction of sp³-hybridized carbons (Fsp3) is 0.333. The Kier molecular flexibility index (Phi) is 3.95. The summed E-state index contributed by atoms with van der Waals surface area (Å²) in [5.41, 5.74) is 9.19.